The van der Waals surface area contributed by atoms with Crippen LogP contribution in [0.4, 0.5) is 0 Å². The molecule has 200 valence electrons. The first-order valence-corrected chi connectivity index (χ1v) is 16.6. The summed E-state index contributed by atoms with van der Waals surface area (Å²) in [5, 5.41) is 0. The predicted molar refractivity (Wildman–Crippen MR) is 127 cm³/mol. The van der Waals surface area contributed by atoms with E-state index in [4.69, 9.17) is 44.6 Å². The molecule has 0 bridgehead atoms. The van der Waals surface area contributed by atoms with Gasteiger partial charge < -0.3 is 44.6 Å². The summed E-state index contributed by atoms with van der Waals surface area (Å²) < 4.78 is 55.7. The summed E-state index contributed by atoms with van der Waals surface area (Å²) in [6, 6.07) is 2.11. The second-order valence-corrected chi connectivity index (χ2v) is 16.4. The topological polar surface area (TPSA) is 92.3 Å². The van der Waals surface area contributed by atoms with E-state index in [1.807, 2.05) is 0 Å². The standard InChI is InChI=1S/C19H45O10Si3.W/c1-20-30(21-2,22-3)16-10-13-19(14-11-17-31(23-4,24-5)25-6)29-15-12-18-32(26-7,27-8)28-9;/h10-18H2,1-9H3;/q-1;. The van der Waals surface area contributed by atoms with E-state index < -0.39 is 26.4 Å². The SMILES string of the molecule is CO[Si](CCCO[C-](CCC[Si](OC)(OC)OC)CCC[Si](OC)(OC)OC)(OC)OC.[W]. The van der Waals surface area contributed by atoms with Crippen molar-refractivity contribution in [3.8, 4) is 0 Å². The maximum Gasteiger partial charge on any atom is 0.500 e. The van der Waals surface area contributed by atoms with Gasteiger partial charge in [-0.3, -0.25) is 0 Å². The molecule has 0 saturated heterocycles. The third kappa shape index (κ3) is 12.6. The van der Waals surface area contributed by atoms with Gasteiger partial charge in [0, 0.05) is 110 Å². The molecule has 14 heteroatoms. The Kier molecular flexibility index (Phi) is 21.9. The molecule has 0 aliphatic carbocycles. The van der Waals surface area contributed by atoms with Crippen molar-refractivity contribution >= 4 is 26.4 Å². The van der Waals surface area contributed by atoms with Crippen LogP contribution >= 0.6 is 0 Å². The van der Waals surface area contributed by atoms with Crippen LogP contribution in [0.1, 0.15) is 32.1 Å². The largest absolute Gasteiger partial charge is 0.549 e. The second kappa shape index (κ2) is 20.0. The molecule has 0 fully saturated rings. The molecule has 0 rings (SSSR count). The Morgan fingerprint density at radius 3 is 1.00 bits per heavy atom. The summed E-state index contributed by atoms with van der Waals surface area (Å²) in [6.45, 7) is 0.559. The number of hydrogen-bond acceptors (Lipinski definition) is 10. The van der Waals surface area contributed by atoms with Gasteiger partial charge in [0.2, 0.25) is 0 Å². The van der Waals surface area contributed by atoms with Gasteiger partial charge in [0.05, 0.1) is 0 Å². The second-order valence-electron chi connectivity index (χ2n) is 7.08. The molecule has 0 unspecified atom stereocenters. The van der Waals surface area contributed by atoms with Crippen LogP contribution in [0.5, 0.6) is 0 Å². The fourth-order valence-electron chi connectivity index (χ4n) is 3.45. The molecule has 0 aromatic heterocycles. The van der Waals surface area contributed by atoms with Gasteiger partial charge >= 0.3 is 26.4 Å². The van der Waals surface area contributed by atoms with Crippen LogP contribution in [0, 0.1) is 6.10 Å². The summed E-state index contributed by atoms with van der Waals surface area (Å²) in [7, 11) is 6.81. The molecule has 0 aromatic rings. The van der Waals surface area contributed by atoms with E-state index in [0.29, 0.717) is 24.7 Å². The fourth-order valence-corrected chi connectivity index (χ4v) is 8.58. The van der Waals surface area contributed by atoms with E-state index in [-0.39, 0.29) is 21.1 Å². The fraction of sp³-hybridized carbons (Fsp3) is 0.947. The molecule has 0 N–H and O–H groups in total. The molecule has 0 aromatic carbocycles. The van der Waals surface area contributed by atoms with Gasteiger partial charge in [-0.1, -0.05) is 12.8 Å². The summed E-state index contributed by atoms with van der Waals surface area (Å²) in [5.74, 6) is 0. The van der Waals surface area contributed by atoms with E-state index in [1.165, 1.54) is 0 Å². The average molecular weight is 702 g/mol. The van der Waals surface area contributed by atoms with E-state index >= 15 is 0 Å². The van der Waals surface area contributed by atoms with Crippen molar-refractivity contribution in [3.63, 3.8) is 0 Å². The Morgan fingerprint density at radius 2 is 0.727 bits per heavy atom. The van der Waals surface area contributed by atoms with E-state index in [9.17, 15) is 0 Å². The van der Waals surface area contributed by atoms with Crippen molar-refractivity contribution in [2.24, 2.45) is 0 Å². The Bertz CT molecular complexity index is 405. The van der Waals surface area contributed by atoms with E-state index in [2.05, 4.69) is 0 Å². The Balaban J connectivity index is 0. The van der Waals surface area contributed by atoms with Crippen LogP contribution in [0.2, 0.25) is 18.1 Å². The van der Waals surface area contributed by atoms with Gasteiger partial charge in [-0.05, 0) is 6.42 Å². The Morgan fingerprint density at radius 1 is 0.455 bits per heavy atom. The molecule has 0 atom stereocenters. The molecule has 0 radical (unpaired) electrons. The first-order chi connectivity index (χ1) is 15.3. The zero-order valence-corrected chi connectivity index (χ0v) is 27.8. The monoisotopic (exact) mass is 701 g/mol. The van der Waals surface area contributed by atoms with Crippen molar-refractivity contribution in [2.75, 3.05) is 70.6 Å². The van der Waals surface area contributed by atoms with Crippen molar-refractivity contribution in [1.29, 1.82) is 0 Å². The zero-order valence-electron chi connectivity index (χ0n) is 21.9. The quantitative estimate of drug-likeness (QED) is 0.0954. The molecule has 0 aliphatic heterocycles. The van der Waals surface area contributed by atoms with Crippen LogP contribution in [0.25, 0.3) is 0 Å². The van der Waals surface area contributed by atoms with E-state index in [0.717, 1.165) is 38.2 Å². The van der Waals surface area contributed by atoms with Crippen LogP contribution in [-0.4, -0.2) is 97.0 Å². The summed E-state index contributed by atoms with van der Waals surface area (Å²) in [4.78, 5) is 0. The van der Waals surface area contributed by atoms with Gasteiger partial charge in [-0.2, -0.15) is 18.9 Å². The minimum absolute atomic E-state index is 0. The minimum atomic E-state index is -2.61. The third-order valence-corrected chi connectivity index (χ3v) is 14.1. The van der Waals surface area contributed by atoms with Crippen LogP contribution in [0.3, 0.4) is 0 Å². The third-order valence-electron chi connectivity index (χ3n) is 5.61. The van der Waals surface area contributed by atoms with Crippen molar-refractivity contribution < 1.29 is 65.6 Å². The predicted octanol–water partition coefficient (Wildman–Crippen LogP) is 3.12. The van der Waals surface area contributed by atoms with Gasteiger partial charge in [-0.15, -0.1) is 0 Å². The molecule has 0 saturated carbocycles. The molecule has 0 heterocycles. The number of ether oxygens (including phenoxy) is 1. The average Bonchev–Trinajstić information content (AvgIpc) is 2.85. The summed E-state index contributed by atoms with van der Waals surface area (Å²) >= 11 is 0. The first kappa shape index (κ1) is 36.1. The van der Waals surface area contributed by atoms with Crippen LogP contribution in [0.15, 0.2) is 0 Å². The number of rotatable bonds is 22. The number of hydrogen-bond donors (Lipinski definition) is 0. The van der Waals surface area contributed by atoms with Crippen LogP contribution in [-0.2, 0) is 65.6 Å². The maximum atomic E-state index is 6.16. The van der Waals surface area contributed by atoms with Gasteiger partial charge in [0.15, 0.2) is 0 Å². The molecule has 0 spiro atoms. The van der Waals surface area contributed by atoms with Crippen molar-refractivity contribution in [3.05, 3.63) is 6.10 Å². The summed E-state index contributed by atoms with van der Waals surface area (Å²) in [6.07, 6.45) is 5.03. The Hall–Kier alpha value is 0.939. The summed E-state index contributed by atoms with van der Waals surface area (Å²) in [5.41, 5.74) is 0. The van der Waals surface area contributed by atoms with Crippen molar-refractivity contribution in [1.82, 2.24) is 0 Å². The Labute approximate surface area is 218 Å². The minimum Gasteiger partial charge on any atom is -0.549 e. The molecular weight excluding hydrogens is 656 g/mol. The van der Waals surface area contributed by atoms with E-state index in [1.54, 1.807) is 64.0 Å². The van der Waals surface area contributed by atoms with Gasteiger partial charge in [0.25, 0.3) is 0 Å². The van der Waals surface area contributed by atoms with Crippen LogP contribution < -0.4 is 0 Å². The molecule has 0 aliphatic rings. The molecular formula is C19H45O10Si3W-. The van der Waals surface area contributed by atoms with Crippen molar-refractivity contribution in [2.45, 2.75) is 50.2 Å². The smallest absolute Gasteiger partial charge is 0.500 e. The zero-order chi connectivity index (χ0) is 24.5. The molecule has 0 amide bonds. The normalized spacial score (nSPS) is 12.9. The van der Waals surface area contributed by atoms with Gasteiger partial charge in [0.1, 0.15) is 0 Å². The maximum absolute atomic E-state index is 6.16. The molecule has 10 nitrogen and oxygen atoms in total. The first-order valence-electron chi connectivity index (χ1n) is 10.8. The van der Waals surface area contributed by atoms with Gasteiger partial charge in [-0.25, -0.2) is 0 Å². The molecule has 33 heavy (non-hydrogen) atoms.